The van der Waals surface area contributed by atoms with Crippen LogP contribution < -0.4 is 0 Å². The number of thiophene rings is 1. The highest BCUT2D eigenvalue weighted by Crippen LogP contribution is 2.53. The van der Waals surface area contributed by atoms with E-state index in [1.165, 1.54) is 11.3 Å². The van der Waals surface area contributed by atoms with Crippen LogP contribution in [0.15, 0.2) is 53.9 Å². The highest BCUT2D eigenvalue weighted by atomic mass is 32.1. The predicted molar refractivity (Wildman–Crippen MR) is 72.7 cm³/mol. The standard InChI is InChI=1S/C16H14S/c1-2-5-13-12(4-1)11-7-8-14(15(13)10-11)16-6-3-9-17-16/h1-9,11,14-15H,10H2/t11-,14+,15+/m0/s1. The summed E-state index contributed by atoms with van der Waals surface area (Å²) in [6, 6.07) is 13.4. The first-order chi connectivity index (χ1) is 8.43. The Bertz CT molecular complexity index is 565. The lowest BCUT2D eigenvalue weighted by molar-refractivity contribution is 0.570. The zero-order valence-corrected chi connectivity index (χ0v) is 10.4. The van der Waals surface area contributed by atoms with Gasteiger partial charge in [0.15, 0.2) is 0 Å². The van der Waals surface area contributed by atoms with E-state index >= 15 is 0 Å². The third-order valence-electron chi connectivity index (χ3n) is 4.16. The van der Waals surface area contributed by atoms with Gasteiger partial charge in [-0.1, -0.05) is 42.5 Å². The quantitative estimate of drug-likeness (QED) is 0.633. The topological polar surface area (TPSA) is 0 Å². The van der Waals surface area contributed by atoms with E-state index in [0.717, 1.165) is 0 Å². The Morgan fingerprint density at radius 3 is 2.65 bits per heavy atom. The maximum Gasteiger partial charge on any atom is 0.0182 e. The zero-order chi connectivity index (χ0) is 11.2. The second kappa shape index (κ2) is 3.58. The molecule has 0 aliphatic heterocycles. The maximum absolute atomic E-state index is 2.44. The minimum absolute atomic E-state index is 0.606. The summed E-state index contributed by atoms with van der Waals surface area (Å²) in [4.78, 5) is 1.52. The van der Waals surface area contributed by atoms with Crippen molar-refractivity contribution >= 4 is 11.3 Å². The van der Waals surface area contributed by atoms with Crippen LogP contribution in [-0.2, 0) is 0 Å². The van der Waals surface area contributed by atoms with Crippen LogP contribution in [0.4, 0.5) is 0 Å². The van der Waals surface area contributed by atoms with Crippen molar-refractivity contribution in [2.24, 2.45) is 0 Å². The minimum atomic E-state index is 0.606. The van der Waals surface area contributed by atoms with Gasteiger partial charge in [-0.05, 0) is 34.9 Å². The van der Waals surface area contributed by atoms with Crippen molar-refractivity contribution in [3.8, 4) is 0 Å². The monoisotopic (exact) mass is 238 g/mol. The molecule has 0 nitrogen and oxygen atoms in total. The fourth-order valence-corrected chi connectivity index (χ4v) is 4.27. The third kappa shape index (κ3) is 1.35. The molecule has 0 saturated heterocycles. The first-order valence-corrected chi connectivity index (χ1v) is 7.12. The number of allylic oxidation sites excluding steroid dienone is 2. The molecule has 2 aliphatic rings. The van der Waals surface area contributed by atoms with Crippen molar-refractivity contribution in [2.45, 2.75) is 24.2 Å². The Morgan fingerprint density at radius 1 is 0.941 bits per heavy atom. The van der Waals surface area contributed by atoms with E-state index in [-0.39, 0.29) is 0 Å². The van der Waals surface area contributed by atoms with Crippen molar-refractivity contribution in [3.05, 3.63) is 69.9 Å². The largest absolute Gasteiger partial charge is 0.148 e. The Hall–Kier alpha value is -1.34. The third-order valence-corrected chi connectivity index (χ3v) is 5.13. The molecule has 0 fully saturated rings. The molecule has 0 saturated carbocycles. The lowest BCUT2D eigenvalue weighted by Crippen LogP contribution is -2.08. The summed E-state index contributed by atoms with van der Waals surface area (Å²) in [6.07, 6.45) is 6.16. The van der Waals surface area contributed by atoms with Crippen LogP contribution in [-0.4, -0.2) is 0 Å². The molecule has 1 aromatic carbocycles. The molecule has 1 aromatic heterocycles. The van der Waals surface area contributed by atoms with Gasteiger partial charge in [0.05, 0.1) is 0 Å². The Kier molecular flexibility index (Phi) is 2.03. The summed E-state index contributed by atoms with van der Waals surface area (Å²) >= 11 is 1.89. The van der Waals surface area contributed by atoms with Gasteiger partial charge in [0.2, 0.25) is 0 Å². The van der Waals surface area contributed by atoms with Crippen LogP contribution in [0.5, 0.6) is 0 Å². The first kappa shape index (κ1) is 9.67. The number of rotatable bonds is 1. The average molecular weight is 238 g/mol. The van der Waals surface area contributed by atoms with Gasteiger partial charge in [0.25, 0.3) is 0 Å². The van der Waals surface area contributed by atoms with E-state index in [4.69, 9.17) is 0 Å². The van der Waals surface area contributed by atoms with Crippen LogP contribution in [0.2, 0.25) is 0 Å². The van der Waals surface area contributed by atoms with Crippen molar-refractivity contribution in [2.75, 3.05) is 0 Å². The summed E-state index contributed by atoms with van der Waals surface area (Å²) in [5, 5.41) is 2.19. The fraction of sp³-hybridized carbons (Fsp3) is 0.250. The molecule has 0 unspecified atom stereocenters. The van der Waals surface area contributed by atoms with Gasteiger partial charge in [-0.15, -0.1) is 11.3 Å². The molecule has 84 valence electrons. The summed E-state index contributed by atoms with van der Waals surface area (Å²) in [7, 11) is 0. The molecule has 0 radical (unpaired) electrons. The van der Waals surface area contributed by atoms with Gasteiger partial charge >= 0.3 is 0 Å². The van der Waals surface area contributed by atoms with Gasteiger partial charge in [-0.25, -0.2) is 0 Å². The highest BCUT2D eigenvalue weighted by molar-refractivity contribution is 7.10. The molecule has 2 aliphatic carbocycles. The molecule has 0 N–H and O–H groups in total. The minimum Gasteiger partial charge on any atom is -0.148 e. The molecule has 1 heteroatoms. The van der Waals surface area contributed by atoms with E-state index in [9.17, 15) is 0 Å². The van der Waals surface area contributed by atoms with Gasteiger partial charge in [0, 0.05) is 16.7 Å². The van der Waals surface area contributed by atoms with Gasteiger partial charge < -0.3 is 0 Å². The van der Waals surface area contributed by atoms with E-state index in [0.29, 0.717) is 17.8 Å². The van der Waals surface area contributed by atoms with Crippen molar-refractivity contribution in [3.63, 3.8) is 0 Å². The van der Waals surface area contributed by atoms with E-state index in [1.54, 1.807) is 11.1 Å². The molecule has 0 spiro atoms. The number of benzene rings is 1. The summed E-state index contributed by atoms with van der Waals surface area (Å²) in [5.74, 6) is 1.99. The molecule has 17 heavy (non-hydrogen) atoms. The van der Waals surface area contributed by atoms with Crippen LogP contribution in [0, 0.1) is 0 Å². The molecular formula is C16H14S. The van der Waals surface area contributed by atoms with E-state index < -0.39 is 0 Å². The van der Waals surface area contributed by atoms with Crippen molar-refractivity contribution in [1.29, 1.82) is 0 Å². The van der Waals surface area contributed by atoms with Gasteiger partial charge in [-0.3, -0.25) is 0 Å². The number of hydrogen-bond acceptors (Lipinski definition) is 1. The average Bonchev–Trinajstić information content (AvgIpc) is 3.00. The lowest BCUT2D eigenvalue weighted by Gasteiger charge is -2.23. The summed E-state index contributed by atoms with van der Waals surface area (Å²) in [5.41, 5.74) is 3.15. The SMILES string of the molecule is C1=C[C@@H](c2cccs2)[C@@H]2C[C@H]1c1ccccc12. The number of fused-ring (bicyclic) bond motifs is 5. The Balaban J connectivity index is 1.84. The highest BCUT2D eigenvalue weighted by Gasteiger charge is 2.37. The first-order valence-electron chi connectivity index (χ1n) is 6.24. The normalized spacial score (nSPS) is 29.3. The molecule has 4 rings (SSSR count). The second-order valence-corrected chi connectivity index (χ2v) is 5.98. The van der Waals surface area contributed by atoms with Crippen LogP contribution >= 0.6 is 11.3 Å². The van der Waals surface area contributed by atoms with Gasteiger partial charge in [-0.2, -0.15) is 0 Å². The second-order valence-electron chi connectivity index (χ2n) is 5.00. The molecule has 2 bridgehead atoms. The van der Waals surface area contributed by atoms with Crippen LogP contribution in [0.25, 0.3) is 0 Å². The smallest absolute Gasteiger partial charge is 0.0182 e. The molecule has 1 heterocycles. The maximum atomic E-state index is 2.44. The Labute approximate surface area is 106 Å². The van der Waals surface area contributed by atoms with Gasteiger partial charge in [0.1, 0.15) is 0 Å². The molecular weight excluding hydrogens is 224 g/mol. The number of hydrogen-bond donors (Lipinski definition) is 0. The molecule has 0 amide bonds. The summed E-state index contributed by atoms with van der Waals surface area (Å²) in [6.45, 7) is 0. The van der Waals surface area contributed by atoms with Crippen molar-refractivity contribution < 1.29 is 0 Å². The summed E-state index contributed by atoms with van der Waals surface area (Å²) < 4.78 is 0. The molecule has 2 aromatic rings. The zero-order valence-electron chi connectivity index (χ0n) is 9.54. The predicted octanol–water partition coefficient (Wildman–Crippen LogP) is 4.67. The Morgan fingerprint density at radius 2 is 1.82 bits per heavy atom. The lowest BCUT2D eigenvalue weighted by atomic mass is 9.82. The van der Waals surface area contributed by atoms with Crippen LogP contribution in [0.1, 0.15) is 40.2 Å². The van der Waals surface area contributed by atoms with E-state index in [1.807, 2.05) is 11.3 Å². The molecule has 3 atom stereocenters. The van der Waals surface area contributed by atoms with E-state index in [2.05, 4.69) is 53.9 Å². The fourth-order valence-electron chi connectivity index (χ4n) is 3.40. The van der Waals surface area contributed by atoms with Crippen molar-refractivity contribution in [1.82, 2.24) is 0 Å². The van der Waals surface area contributed by atoms with Crippen LogP contribution in [0.3, 0.4) is 0 Å².